The van der Waals surface area contributed by atoms with E-state index < -0.39 is 0 Å². The highest BCUT2D eigenvalue weighted by atomic mass is 32.2. The highest BCUT2D eigenvalue weighted by molar-refractivity contribution is 7.96. The Hall–Kier alpha value is -2.61. The molecule has 0 saturated carbocycles. The first-order valence-electron chi connectivity index (χ1n) is 9.19. The summed E-state index contributed by atoms with van der Waals surface area (Å²) in [6, 6.07) is 10.00. The van der Waals surface area contributed by atoms with Gasteiger partial charge in [-0.05, 0) is 43.8 Å². The first kappa shape index (κ1) is 22.7. The van der Waals surface area contributed by atoms with Gasteiger partial charge < -0.3 is 15.2 Å². The van der Waals surface area contributed by atoms with Crippen molar-refractivity contribution in [2.24, 2.45) is 0 Å². The number of nitrogens with one attached hydrogen (secondary N) is 1. The lowest BCUT2D eigenvalue weighted by Gasteiger charge is -2.14. The van der Waals surface area contributed by atoms with E-state index in [1.165, 1.54) is 0 Å². The fourth-order valence-electron chi connectivity index (χ4n) is 2.57. The molecule has 0 aliphatic carbocycles. The van der Waals surface area contributed by atoms with E-state index in [1.54, 1.807) is 25.1 Å². The van der Waals surface area contributed by atoms with Crippen molar-refractivity contribution in [1.29, 1.82) is 0 Å². The predicted octanol–water partition coefficient (Wildman–Crippen LogP) is 4.33. The minimum Gasteiger partial charge on any atom is -0.497 e. The molecule has 0 radical (unpaired) electrons. The normalized spacial score (nSPS) is 11.4. The molecule has 0 atom stereocenters. The molecule has 1 heterocycles. The van der Waals surface area contributed by atoms with Crippen LogP contribution >= 0.6 is 11.9 Å². The zero-order valence-corrected chi connectivity index (χ0v) is 18.0. The van der Waals surface area contributed by atoms with Gasteiger partial charge in [0.25, 0.3) is 0 Å². The molecule has 0 amide bonds. The van der Waals surface area contributed by atoms with Gasteiger partial charge in [0.2, 0.25) is 5.95 Å². The van der Waals surface area contributed by atoms with Crippen LogP contribution in [0.15, 0.2) is 61.4 Å². The van der Waals surface area contributed by atoms with Gasteiger partial charge >= 0.3 is 0 Å². The Morgan fingerprint density at radius 2 is 2.14 bits per heavy atom. The number of methoxy groups -OCH3 is 1. The lowest BCUT2D eigenvalue weighted by atomic mass is 10.1. The van der Waals surface area contributed by atoms with E-state index in [0.717, 1.165) is 28.3 Å². The first-order valence-corrected chi connectivity index (χ1v) is 10.1. The maximum atomic E-state index is 9.01. The van der Waals surface area contributed by atoms with Crippen LogP contribution < -0.4 is 5.32 Å². The average Bonchev–Trinajstić information content (AvgIpc) is 2.70. The second-order valence-corrected chi connectivity index (χ2v) is 7.51. The van der Waals surface area contributed by atoms with Crippen LogP contribution in [0.1, 0.15) is 17.0 Å². The third kappa shape index (κ3) is 7.05. The first-order chi connectivity index (χ1) is 14.0. The van der Waals surface area contributed by atoms with E-state index in [9.17, 15) is 0 Å². The number of likely N-dealkylation sites (N-methyl/N-ethyl adjacent to an activating group) is 1. The van der Waals surface area contributed by atoms with Gasteiger partial charge in [-0.15, -0.1) is 0 Å². The third-order valence-corrected chi connectivity index (χ3v) is 5.10. The Labute approximate surface area is 177 Å². The summed E-state index contributed by atoms with van der Waals surface area (Å²) >= 11 is 1.66. The summed E-state index contributed by atoms with van der Waals surface area (Å²) < 4.78 is 7.30. The number of allylic oxidation sites excluding steroid dienone is 3. The molecule has 1 aromatic carbocycles. The molecule has 2 aromatic rings. The van der Waals surface area contributed by atoms with Gasteiger partial charge in [0.05, 0.1) is 19.4 Å². The minimum atomic E-state index is 0.149. The number of anilines is 2. The minimum absolute atomic E-state index is 0.149. The highest BCUT2D eigenvalue weighted by Crippen LogP contribution is 2.24. The van der Waals surface area contributed by atoms with Crippen LogP contribution in [0, 0.1) is 6.92 Å². The Bertz CT molecular complexity index is 883. The maximum Gasteiger partial charge on any atom is 0.227 e. The number of aromatic nitrogens is 2. The van der Waals surface area contributed by atoms with E-state index in [4.69, 9.17) is 9.84 Å². The summed E-state index contributed by atoms with van der Waals surface area (Å²) in [6.45, 7) is 10.4. The second-order valence-electron chi connectivity index (χ2n) is 6.34. The van der Waals surface area contributed by atoms with E-state index >= 15 is 0 Å². The number of aliphatic hydroxyl groups excluding tert-OH is 1. The number of rotatable bonds is 11. The summed E-state index contributed by atoms with van der Waals surface area (Å²) in [5, 5.41) is 12.3. The van der Waals surface area contributed by atoms with Gasteiger partial charge in [-0.25, -0.2) is 9.97 Å². The van der Waals surface area contributed by atoms with E-state index in [2.05, 4.69) is 40.6 Å². The van der Waals surface area contributed by atoms with Crippen molar-refractivity contribution in [2.75, 3.05) is 32.6 Å². The summed E-state index contributed by atoms with van der Waals surface area (Å²) in [6.07, 6.45) is 3.50. The smallest absolute Gasteiger partial charge is 0.227 e. The topological polar surface area (TPSA) is 70.5 Å². The SMILES string of the molecule is C=C/C=C(\C(=C)OC)c1cc(C)nc(Nc2cccc(CSN(C)CCO)c2)n1. The van der Waals surface area contributed by atoms with E-state index in [-0.39, 0.29) is 6.61 Å². The molecular weight excluding hydrogens is 384 g/mol. The zero-order chi connectivity index (χ0) is 21.2. The van der Waals surface area contributed by atoms with Crippen molar-refractivity contribution in [3.63, 3.8) is 0 Å². The third-order valence-electron chi connectivity index (χ3n) is 4.01. The molecule has 6 nitrogen and oxygen atoms in total. The van der Waals surface area contributed by atoms with Crippen LogP contribution in [-0.4, -0.2) is 46.7 Å². The van der Waals surface area contributed by atoms with Crippen molar-refractivity contribution in [1.82, 2.24) is 14.3 Å². The van der Waals surface area contributed by atoms with Gasteiger partial charge in [0, 0.05) is 29.3 Å². The van der Waals surface area contributed by atoms with Gasteiger partial charge in [0.15, 0.2) is 0 Å². The summed E-state index contributed by atoms with van der Waals surface area (Å²) in [5.74, 6) is 1.83. The van der Waals surface area contributed by atoms with Crippen molar-refractivity contribution < 1.29 is 9.84 Å². The molecule has 0 fully saturated rings. The second kappa shape index (κ2) is 11.4. The fraction of sp³-hybridized carbons (Fsp3) is 0.273. The van der Waals surface area contributed by atoms with Crippen LogP contribution in [0.3, 0.4) is 0 Å². The van der Waals surface area contributed by atoms with Gasteiger partial charge in [0.1, 0.15) is 5.76 Å². The highest BCUT2D eigenvalue weighted by Gasteiger charge is 2.11. The molecule has 0 aliphatic rings. The fourth-order valence-corrected chi connectivity index (χ4v) is 3.33. The molecule has 7 heteroatoms. The Morgan fingerprint density at radius 3 is 2.83 bits per heavy atom. The Morgan fingerprint density at radius 1 is 1.34 bits per heavy atom. The van der Waals surface area contributed by atoms with Crippen molar-refractivity contribution >= 4 is 29.2 Å². The predicted molar refractivity (Wildman–Crippen MR) is 122 cm³/mol. The van der Waals surface area contributed by atoms with Crippen molar-refractivity contribution in [3.8, 4) is 0 Å². The molecule has 1 aromatic heterocycles. The van der Waals surface area contributed by atoms with Gasteiger partial charge in [-0.1, -0.05) is 43.3 Å². The summed E-state index contributed by atoms with van der Waals surface area (Å²) in [5.41, 5.74) is 4.37. The number of benzene rings is 1. The molecule has 29 heavy (non-hydrogen) atoms. The number of hydrogen-bond donors (Lipinski definition) is 2. The van der Waals surface area contributed by atoms with Crippen LogP contribution in [0.4, 0.5) is 11.6 Å². The lowest BCUT2D eigenvalue weighted by molar-refractivity contribution is 0.273. The summed E-state index contributed by atoms with van der Waals surface area (Å²) in [4.78, 5) is 9.12. The Balaban J connectivity index is 2.21. The van der Waals surface area contributed by atoms with Crippen LogP contribution in [0.2, 0.25) is 0 Å². The number of hydrogen-bond acceptors (Lipinski definition) is 7. The van der Waals surface area contributed by atoms with Crippen molar-refractivity contribution in [3.05, 3.63) is 78.4 Å². The van der Waals surface area contributed by atoms with Crippen LogP contribution in [-0.2, 0) is 10.5 Å². The molecule has 0 unspecified atom stereocenters. The molecular formula is C22H28N4O2S. The maximum absolute atomic E-state index is 9.01. The number of nitrogens with zero attached hydrogens (tertiary/aromatic N) is 3. The molecule has 0 bridgehead atoms. The monoisotopic (exact) mass is 412 g/mol. The molecule has 154 valence electrons. The quantitative estimate of drug-likeness (QED) is 0.323. The Kier molecular flexibility index (Phi) is 8.92. The lowest BCUT2D eigenvalue weighted by Crippen LogP contribution is -2.14. The van der Waals surface area contributed by atoms with Crippen LogP contribution in [0.25, 0.3) is 5.57 Å². The summed E-state index contributed by atoms with van der Waals surface area (Å²) in [7, 11) is 3.54. The van der Waals surface area contributed by atoms with E-state index in [1.807, 2.05) is 42.6 Å². The van der Waals surface area contributed by atoms with Gasteiger partial charge in [-0.3, -0.25) is 4.31 Å². The largest absolute Gasteiger partial charge is 0.497 e. The number of aliphatic hydroxyl groups is 1. The number of ether oxygens (including phenoxy) is 1. The molecule has 2 rings (SSSR count). The van der Waals surface area contributed by atoms with Gasteiger partial charge in [-0.2, -0.15) is 0 Å². The molecule has 0 spiro atoms. The van der Waals surface area contributed by atoms with Crippen molar-refractivity contribution in [2.45, 2.75) is 12.7 Å². The van der Waals surface area contributed by atoms with E-state index in [0.29, 0.717) is 23.9 Å². The standard InChI is InChI=1S/C22H28N4O2S/c1-6-8-20(17(3)28-5)21-13-16(2)23-22(25-21)24-19-10-7-9-18(14-19)15-29-26(4)11-12-27/h6-10,13-14,27H,1,3,11-12,15H2,2,4-5H3,(H,23,24,25)/b20-8+. The molecule has 0 saturated heterocycles. The van der Waals surface area contributed by atoms with Crippen LogP contribution in [0.5, 0.6) is 0 Å². The average molecular weight is 413 g/mol. The molecule has 0 aliphatic heterocycles. The molecule has 2 N–H and O–H groups in total. The number of aryl methyl sites for hydroxylation is 1. The zero-order valence-electron chi connectivity index (χ0n) is 17.2.